The van der Waals surface area contributed by atoms with Crippen LogP contribution in [-0.2, 0) is 6.42 Å². The summed E-state index contributed by atoms with van der Waals surface area (Å²) in [5, 5.41) is 0. The van der Waals surface area contributed by atoms with Crippen molar-refractivity contribution in [3.05, 3.63) is 139 Å². The summed E-state index contributed by atoms with van der Waals surface area (Å²) >= 11 is 0. The van der Waals surface area contributed by atoms with Crippen LogP contribution in [0.3, 0.4) is 0 Å². The van der Waals surface area contributed by atoms with Gasteiger partial charge in [-0.05, 0) is 71.0 Å². The van der Waals surface area contributed by atoms with E-state index >= 15 is 0 Å². The van der Waals surface area contributed by atoms with Crippen LogP contribution >= 0.6 is 0 Å². The minimum atomic E-state index is 0.926. The molecule has 0 spiro atoms. The van der Waals surface area contributed by atoms with E-state index in [0.29, 0.717) is 0 Å². The zero-order valence-electron chi connectivity index (χ0n) is 20.2. The molecule has 174 valence electrons. The van der Waals surface area contributed by atoms with E-state index in [1.54, 1.807) is 0 Å². The Kier molecular flexibility index (Phi) is 6.16. The number of aryl methyl sites for hydroxylation is 1. The number of aliphatic imine (C=N–C) groups is 1. The van der Waals surface area contributed by atoms with Gasteiger partial charge in [0, 0.05) is 17.8 Å². The Morgan fingerprint density at radius 2 is 0.917 bits per heavy atom. The van der Waals surface area contributed by atoms with Gasteiger partial charge in [0.2, 0.25) is 0 Å². The van der Waals surface area contributed by atoms with Crippen LogP contribution in [0.2, 0.25) is 0 Å². The molecule has 5 aromatic rings. The van der Waals surface area contributed by atoms with Crippen molar-refractivity contribution in [1.29, 1.82) is 0 Å². The van der Waals surface area contributed by atoms with Gasteiger partial charge in [0.25, 0.3) is 0 Å². The van der Waals surface area contributed by atoms with Gasteiger partial charge in [-0.2, -0.15) is 0 Å². The average Bonchev–Trinajstić information content (AvgIpc) is 3.17. The van der Waals surface area contributed by atoms with Gasteiger partial charge in [-0.1, -0.05) is 103 Å². The molecule has 0 aromatic heterocycles. The Morgan fingerprint density at radius 1 is 0.444 bits per heavy atom. The third-order valence-corrected chi connectivity index (χ3v) is 6.81. The molecule has 0 N–H and O–H groups in total. The van der Waals surface area contributed by atoms with Crippen molar-refractivity contribution >= 4 is 22.9 Å². The highest BCUT2D eigenvalue weighted by Gasteiger charge is 2.20. The molecule has 0 saturated carbocycles. The highest BCUT2D eigenvalue weighted by Crippen LogP contribution is 2.34. The van der Waals surface area contributed by atoms with Gasteiger partial charge in [-0.3, -0.25) is 4.90 Å². The minimum Gasteiger partial charge on any atom is -0.298 e. The molecule has 0 fully saturated rings. The number of fused-ring (bicyclic) bond motifs is 1. The van der Waals surface area contributed by atoms with Crippen LogP contribution in [0.1, 0.15) is 18.4 Å². The van der Waals surface area contributed by atoms with Crippen molar-refractivity contribution in [2.24, 2.45) is 4.99 Å². The smallest absolute Gasteiger partial charge is 0.114 e. The highest BCUT2D eigenvalue weighted by atomic mass is 15.2. The van der Waals surface area contributed by atoms with Crippen molar-refractivity contribution in [2.75, 3.05) is 4.90 Å². The second kappa shape index (κ2) is 10.1. The Labute approximate surface area is 213 Å². The topological polar surface area (TPSA) is 15.6 Å². The number of para-hydroxylation sites is 1. The molecule has 2 heteroatoms. The lowest BCUT2D eigenvalue weighted by molar-refractivity contribution is 0.871. The van der Waals surface area contributed by atoms with E-state index in [9.17, 15) is 0 Å². The molecule has 0 radical (unpaired) electrons. The van der Waals surface area contributed by atoms with E-state index < -0.39 is 0 Å². The van der Waals surface area contributed by atoms with E-state index in [2.05, 4.69) is 138 Å². The van der Waals surface area contributed by atoms with E-state index in [4.69, 9.17) is 4.99 Å². The summed E-state index contributed by atoms with van der Waals surface area (Å²) in [6.45, 7) is 0. The molecule has 1 heterocycles. The van der Waals surface area contributed by atoms with Gasteiger partial charge in [0.15, 0.2) is 0 Å². The Hall–Kier alpha value is -4.43. The van der Waals surface area contributed by atoms with Gasteiger partial charge in [-0.25, -0.2) is 4.99 Å². The molecular weight excluding hydrogens is 436 g/mol. The number of amidine groups is 1. The van der Waals surface area contributed by atoms with Gasteiger partial charge >= 0.3 is 0 Å². The van der Waals surface area contributed by atoms with E-state index in [-0.39, 0.29) is 0 Å². The molecule has 0 bridgehead atoms. The van der Waals surface area contributed by atoms with Gasteiger partial charge in [-0.15, -0.1) is 0 Å². The van der Waals surface area contributed by atoms with Crippen molar-refractivity contribution in [2.45, 2.75) is 19.3 Å². The lowest BCUT2D eigenvalue weighted by atomic mass is 10.0. The highest BCUT2D eigenvalue weighted by molar-refractivity contribution is 6.06. The van der Waals surface area contributed by atoms with Crippen molar-refractivity contribution in [3.8, 4) is 22.3 Å². The number of rotatable bonds is 4. The van der Waals surface area contributed by atoms with Crippen LogP contribution in [-0.4, -0.2) is 5.84 Å². The first-order valence-corrected chi connectivity index (χ1v) is 12.6. The molecule has 1 aliphatic heterocycles. The average molecular weight is 465 g/mol. The summed E-state index contributed by atoms with van der Waals surface area (Å²) in [6, 6.07) is 47.3. The van der Waals surface area contributed by atoms with Gasteiger partial charge in [0.1, 0.15) is 5.84 Å². The maximum Gasteiger partial charge on any atom is 0.114 e. The zero-order chi connectivity index (χ0) is 24.2. The summed E-state index contributed by atoms with van der Waals surface area (Å²) in [7, 11) is 0. The lowest BCUT2D eigenvalue weighted by Crippen LogP contribution is -2.25. The van der Waals surface area contributed by atoms with E-state index in [1.807, 2.05) is 0 Å². The molecule has 1 aliphatic rings. The first-order chi connectivity index (χ1) is 17.8. The molecule has 36 heavy (non-hydrogen) atoms. The van der Waals surface area contributed by atoms with Crippen molar-refractivity contribution < 1.29 is 0 Å². The monoisotopic (exact) mass is 464 g/mol. The second-order valence-electron chi connectivity index (χ2n) is 9.17. The Morgan fingerprint density at radius 3 is 1.47 bits per heavy atom. The summed E-state index contributed by atoms with van der Waals surface area (Å²) in [5.74, 6) is 1.08. The van der Waals surface area contributed by atoms with E-state index in [0.717, 1.165) is 42.2 Å². The number of hydrogen-bond donors (Lipinski definition) is 0. The fourth-order valence-electron chi connectivity index (χ4n) is 4.94. The molecule has 0 atom stereocenters. The normalized spacial score (nSPS) is 12.8. The molecule has 0 unspecified atom stereocenters. The third kappa shape index (κ3) is 4.58. The molecular formula is C34H28N2. The standard InChI is InChI=1S/C34H28N2/c1-3-10-26(11-4-1)28-18-22-31(23-19-28)36(34-17-9-15-30-14-7-8-16-33(30)35-34)32-24-20-29(21-25-32)27-12-5-2-6-13-27/h1-8,10-14,16,18-25H,9,15,17H2. The van der Waals surface area contributed by atoms with Crippen LogP contribution in [0.25, 0.3) is 22.3 Å². The van der Waals surface area contributed by atoms with Crippen molar-refractivity contribution in [1.82, 2.24) is 0 Å². The second-order valence-corrected chi connectivity index (χ2v) is 9.17. The fraction of sp³-hybridized carbons (Fsp3) is 0.0882. The maximum absolute atomic E-state index is 5.20. The molecule has 6 rings (SSSR count). The predicted octanol–water partition coefficient (Wildman–Crippen LogP) is 9.23. The van der Waals surface area contributed by atoms with Crippen molar-refractivity contribution in [3.63, 3.8) is 0 Å². The zero-order valence-corrected chi connectivity index (χ0v) is 20.2. The van der Waals surface area contributed by atoms with Gasteiger partial charge < -0.3 is 0 Å². The number of nitrogens with zero attached hydrogens (tertiary/aromatic N) is 2. The first kappa shape index (κ1) is 22.1. The summed E-state index contributed by atoms with van der Waals surface area (Å²) in [5.41, 5.74) is 9.54. The summed E-state index contributed by atoms with van der Waals surface area (Å²) < 4.78 is 0. The Bertz CT molecular complexity index is 1390. The largest absolute Gasteiger partial charge is 0.298 e. The van der Waals surface area contributed by atoms with Crippen LogP contribution in [0.15, 0.2) is 138 Å². The minimum absolute atomic E-state index is 0.926. The summed E-state index contributed by atoms with van der Waals surface area (Å²) in [6.07, 6.45) is 3.06. The first-order valence-electron chi connectivity index (χ1n) is 12.6. The predicted molar refractivity (Wildman–Crippen MR) is 152 cm³/mol. The van der Waals surface area contributed by atoms with Crippen LogP contribution in [0, 0.1) is 0 Å². The number of benzene rings is 5. The molecule has 0 amide bonds. The third-order valence-electron chi connectivity index (χ3n) is 6.81. The summed E-state index contributed by atoms with van der Waals surface area (Å²) in [4.78, 5) is 7.52. The van der Waals surface area contributed by atoms with Gasteiger partial charge in [0.05, 0.1) is 5.69 Å². The lowest BCUT2D eigenvalue weighted by Gasteiger charge is -2.27. The number of anilines is 2. The molecule has 0 saturated heterocycles. The SMILES string of the molecule is c1ccc(-c2ccc(N(C3=Nc4ccccc4CCC3)c3ccc(-c4ccccc4)cc3)cc2)cc1. The molecule has 0 aliphatic carbocycles. The van der Waals surface area contributed by atoms with Crippen LogP contribution in [0.5, 0.6) is 0 Å². The van der Waals surface area contributed by atoms with Crippen LogP contribution in [0.4, 0.5) is 17.1 Å². The van der Waals surface area contributed by atoms with Crippen LogP contribution < -0.4 is 4.90 Å². The number of hydrogen-bond acceptors (Lipinski definition) is 2. The Balaban J connectivity index is 1.42. The maximum atomic E-state index is 5.20. The molecule has 5 aromatic carbocycles. The fourth-order valence-corrected chi connectivity index (χ4v) is 4.94. The molecule has 2 nitrogen and oxygen atoms in total. The van der Waals surface area contributed by atoms with E-state index in [1.165, 1.54) is 27.8 Å². The quantitative estimate of drug-likeness (QED) is 0.259.